The Morgan fingerprint density at radius 2 is 1.20 bits per heavy atom. The van der Waals surface area contributed by atoms with E-state index in [4.69, 9.17) is 24.4 Å². The van der Waals surface area contributed by atoms with Crippen LogP contribution in [0.5, 0.6) is 0 Å². The third-order valence-corrected chi connectivity index (χ3v) is 1.36. The molecule has 0 bridgehead atoms. The van der Waals surface area contributed by atoms with E-state index in [1.54, 1.807) is 14.1 Å². The fourth-order valence-electron chi connectivity index (χ4n) is 0.239. The van der Waals surface area contributed by atoms with Gasteiger partial charge >= 0.3 is 0 Å². The summed E-state index contributed by atoms with van der Waals surface area (Å²) in [6.07, 6.45) is 0. The SMILES string of the molecule is CNC(=S)NNC(=S)NC. The fraction of sp³-hybridized carbons (Fsp3) is 0.500. The summed E-state index contributed by atoms with van der Waals surface area (Å²) >= 11 is 9.50. The van der Waals surface area contributed by atoms with Gasteiger partial charge in [0.05, 0.1) is 0 Å². The summed E-state index contributed by atoms with van der Waals surface area (Å²) in [5, 5.41) is 6.43. The van der Waals surface area contributed by atoms with E-state index in [1.807, 2.05) is 0 Å². The van der Waals surface area contributed by atoms with E-state index in [0.29, 0.717) is 10.2 Å². The minimum absolute atomic E-state index is 0.498. The normalized spacial score (nSPS) is 7.80. The zero-order valence-corrected chi connectivity index (χ0v) is 7.45. The highest BCUT2D eigenvalue weighted by molar-refractivity contribution is 7.80. The quantitative estimate of drug-likeness (QED) is 0.285. The highest BCUT2D eigenvalue weighted by Crippen LogP contribution is 1.60. The third-order valence-electron chi connectivity index (χ3n) is 0.744. The van der Waals surface area contributed by atoms with E-state index in [1.165, 1.54) is 0 Å². The van der Waals surface area contributed by atoms with Crippen LogP contribution in [0.1, 0.15) is 0 Å². The van der Waals surface area contributed by atoms with Gasteiger partial charge in [0.1, 0.15) is 0 Å². The molecule has 0 rings (SSSR count). The summed E-state index contributed by atoms with van der Waals surface area (Å²) < 4.78 is 0. The second kappa shape index (κ2) is 5.19. The van der Waals surface area contributed by atoms with E-state index in [0.717, 1.165) is 0 Å². The largest absolute Gasteiger partial charge is 0.364 e. The van der Waals surface area contributed by atoms with E-state index in [2.05, 4.69) is 21.5 Å². The Balaban J connectivity index is 3.35. The minimum Gasteiger partial charge on any atom is -0.364 e. The lowest BCUT2D eigenvalue weighted by molar-refractivity contribution is 0.828. The first-order chi connectivity index (χ1) is 4.70. The lowest BCUT2D eigenvalue weighted by Gasteiger charge is -2.09. The molecule has 0 atom stereocenters. The van der Waals surface area contributed by atoms with Crippen LogP contribution in [-0.4, -0.2) is 24.3 Å². The predicted octanol–water partition coefficient (Wildman–Crippen LogP) is -0.911. The average Bonchev–Trinajstić information content (AvgIpc) is 1.99. The van der Waals surface area contributed by atoms with Gasteiger partial charge < -0.3 is 10.6 Å². The standard InChI is InChI=1S/C4H10N4S2/c1-5-3(9)7-8-4(10)6-2/h1-2H3,(H2,5,7,9)(H2,6,8,10). The molecular formula is C4H10N4S2. The molecule has 0 saturated carbocycles. The lowest BCUT2D eigenvalue weighted by Crippen LogP contribution is -2.48. The van der Waals surface area contributed by atoms with Crippen molar-refractivity contribution in [2.45, 2.75) is 0 Å². The first kappa shape index (κ1) is 9.38. The molecule has 0 saturated heterocycles. The Bertz CT molecular complexity index is 119. The second-order valence-corrected chi connectivity index (χ2v) is 2.22. The molecule has 0 fully saturated rings. The van der Waals surface area contributed by atoms with Crippen molar-refractivity contribution in [1.82, 2.24) is 21.5 Å². The topological polar surface area (TPSA) is 48.1 Å². The molecule has 4 N–H and O–H groups in total. The number of hydrogen-bond donors (Lipinski definition) is 4. The van der Waals surface area contributed by atoms with Gasteiger partial charge in [-0.25, -0.2) is 0 Å². The van der Waals surface area contributed by atoms with Gasteiger partial charge in [0.2, 0.25) is 0 Å². The van der Waals surface area contributed by atoms with Crippen LogP contribution in [0.3, 0.4) is 0 Å². The molecule has 10 heavy (non-hydrogen) atoms. The number of hydrogen-bond acceptors (Lipinski definition) is 2. The Labute approximate surface area is 70.7 Å². The van der Waals surface area contributed by atoms with E-state index in [-0.39, 0.29) is 0 Å². The maximum absolute atomic E-state index is 4.75. The zero-order valence-electron chi connectivity index (χ0n) is 5.82. The molecule has 0 aromatic carbocycles. The summed E-state index contributed by atoms with van der Waals surface area (Å²) in [7, 11) is 3.44. The van der Waals surface area contributed by atoms with Crippen LogP contribution < -0.4 is 21.5 Å². The molecular weight excluding hydrogens is 168 g/mol. The van der Waals surface area contributed by atoms with Gasteiger partial charge in [-0.05, 0) is 24.4 Å². The van der Waals surface area contributed by atoms with Gasteiger partial charge in [-0.2, -0.15) is 0 Å². The zero-order chi connectivity index (χ0) is 7.98. The average molecular weight is 178 g/mol. The molecule has 4 nitrogen and oxygen atoms in total. The monoisotopic (exact) mass is 178 g/mol. The summed E-state index contributed by atoms with van der Waals surface area (Å²) in [5.74, 6) is 0. The van der Waals surface area contributed by atoms with E-state index < -0.39 is 0 Å². The van der Waals surface area contributed by atoms with Crippen molar-refractivity contribution in [2.75, 3.05) is 14.1 Å². The Morgan fingerprint density at radius 3 is 1.40 bits per heavy atom. The van der Waals surface area contributed by atoms with Gasteiger partial charge in [0.15, 0.2) is 10.2 Å². The van der Waals surface area contributed by atoms with Crippen LogP contribution in [0, 0.1) is 0 Å². The maximum atomic E-state index is 4.75. The lowest BCUT2D eigenvalue weighted by atomic mass is 11.0. The first-order valence-corrected chi connectivity index (χ1v) is 3.47. The van der Waals surface area contributed by atoms with Crippen molar-refractivity contribution in [1.29, 1.82) is 0 Å². The van der Waals surface area contributed by atoms with Crippen LogP contribution in [0.15, 0.2) is 0 Å². The summed E-state index contributed by atoms with van der Waals surface area (Å²) in [6, 6.07) is 0. The maximum Gasteiger partial charge on any atom is 0.184 e. The highest BCUT2D eigenvalue weighted by Gasteiger charge is 1.89. The number of rotatable bonds is 0. The molecule has 0 aliphatic carbocycles. The first-order valence-electron chi connectivity index (χ1n) is 2.66. The van der Waals surface area contributed by atoms with E-state index >= 15 is 0 Å². The van der Waals surface area contributed by atoms with Crippen LogP contribution >= 0.6 is 24.4 Å². The molecule has 0 aromatic heterocycles. The van der Waals surface area contributed by atoms with Crippen molar-refractivity contribution >= 4 is 34.7 Å². The predicted molar refractivity (Wildman–Crippen MR) is 49.6 cm³/mol. The van der Waals surface area contributed by atoms with Crippen LogP contribution in [-0.2, 0) is 0 Å². The molecule has 6 heteroatoms. The molecule has 0 aliphatic heterocycles. The minimum atomic E-state index is 0.498. The van der Waals surface area contributed by atoms with E-state index in [9.17, 15) is 0 Å². The van der Waals surface area contributed by atoms with Gasteiger partial charge in [-0.1, -0.05) is 0 Å². The smallest absolute Gasteiger partial charge is 0.184 e. The Morgan fingerprint density at radius 1 is 0.900 bits per heavy atom. The van der Waals surface area contributed by atoms with Gasteiger partial charge in [0.25, 0.3) is 0 Å². The second-order valence-electron chi connectivity index (χ2n) is 1.41. The van der Waals surface area contributed by atoms with Crippen LogP contribution in [0.2, 0.25) is 0 Å². The van der Waals surface area contributed by atoms with Crippen molar-refractivity contribution in [3.05, 3.63) is 0 Å². The molecule has 0 aromatic rings. The highest BCUT2D eigenvalue weighted by atomic mass is 32.1. The summed E-state index contributed by atoms with van der Waals surface area (Å²) in [6.45, 7) is 0. The van der Waals surface area contributed by atoms with Crippen molar-refractivity contribution in [2.24, 2.45) is 0 Å². The third kappa shape index (κ3) is 4.28. The number of nitrogens with one attached hydrogen (secondary N) is 4. The number of thiocarbonyl (C=S) groups is 2. The van der Waals surface area contributed by atoms with Crippen molar-refractivity contribution in [3.63, 3.8) is 0 Å². The van der Waals surface area contributed by atoms with Gasteiger partial charge in [-0.15, -0.1) is 0 Å². The molecule has 0 spiro atoms. The molecule has 0 aliphatic rings. The van der Waals surface area contributed by atoms with Crippen molar-refractivity contribution < 1.29 is 0 Å². The Hall–Kier alpha value is -0.620. The van der Waals surface area contributed by atoms with Crippen molar-refractivity contribution in [3.8, 4) is 0 Å². The molecule has 0 radical (unpaired) electrons. The van der Waals surface area contributed by atoms with Gasteiger partial charge in [-0.3, -0.25) is 10.9 Å². The summed E-state index contributed by atoms with van der Waals surface area (Å²) in [4.78, 5) is 0. The number of hydrazine groups is 1. The molecule has 58 valence electrons. The molecule has 0 amide bonds. The summed E-state index contributed by atoms with van der Waals surface area (Å²) in [5.41, 5.74) is 5.30. The van der Waals surface area contributed by atoms with Gasteiger partial charge in [0, 0.05) is 14.1 Å². The van der Waals surface area contributed by atoms with Crippen LogP contribution in [0.25, 0.3) is 0 Å². The molecule has 0 heterocycles. The fourth-order valence-corrected chi connectivity index (χ4v) is 0.341. The molecule has 0 unspecified atom stereocenters. The van der Waals surface area contributed by atoms with Crippen LogP contribution in [0.4, 0.5) is 0 Å². The Kier molecular flexibility index (Phi) is 4.87.